The smallest absolute Gasteiger partial charge is 0.379 e. The molecule has 0 aliphatic carbocycles. The zero-order valence-electron chi connectivity index (χ0n) is 18.4. The third kappa shape index (κ3) is 15.4. The molecule has 0 aromatic rings. The molecule has 3 N–H and O–H groups in total. The average Bonchev–Trinajstić information content (AvgIpc) is 2.65. The fourth-order valence-electron chi connectivity index (χ4n) is 2.72. The average molecular weight is 442 g/mol. The van der Waals surface area contributed by atoms with Gasteiger partial charge in [-0.05, 0) is 38.6 Å². The highest BCUT2D eigenvalue weighted by molar-refractivity contribution is 7.47. The molecular weight excluding hydrogens is 399 g/mol. The maximum Gasteiger partial charge on any atom is 0.472 e. The number of hydrogen-bond acceptors (Lipinski definition) is 7. The molecule has 1 saturated heterocycles. The molecule has 1 aliphatic rings. The number of phosphoric acid groups is 1. The molecule has 0 bridgehead atoms. The van der Waals surface area contributed by atoms with Crippen molar-refractivity contribution in [2.24, 2.45) is 5.73 Å². The van der Waals surface area contributed by atoms with Gasteiger partial charge in [0.2, 0.25) is 0 Å². The maximum atomic E-state index is 12.1. The van der Waals surface area contributed by atoms with Crippen LogP contribution in [0.1, 0.15) is 44.9 Å². The van der Waals surface area contributed by atoms with Crippen molar-refractivity contribution in [3.8, 4) is 0 Å². The highest BCUT2D eigenvalue weighted by Crippen LogP contribution is 2.43. The number of likely N-dealkylation sites (N-methyl/N-ethyl adjacent to an activating group) is 1. The standard InChI is InChI=1S/C19H41N2O7P/c1-21(2,3)12-15-26-29(22,23)27-17-18(28-19-10-6-9-14-25-19)16-24-13-8-5-4-7-11-20/h18-19H,4-17,20H2,1-3H3/p+1/t18-,19?/m1/s1. The molecule has 1 heterocycles. The van der Waals surface area contributed by atoms with E-state index in [-0.39, 0.29) is 26.1 Å². The van der Waals surface area contributed by atoms with Gasteiger partial charge < -0.3 is 29.3 Å². The fraction of sp³-hybridized carbons (Fsp3) is 1.00. The number of phosphoric ester groups is 1. The van der Waals surface area contributed by atoms with Crippen LogP contribution in [0.4, 0.5) is 0 Å². The van der Waals surface area contributed by atoms with Gasteiger partial charge in [0, 0.05) is 13.2 Å². The topological polar surface area (TPSA) is 109 Å². The van der Waals surface area contributed by atoms with E-state index >= 15 is 0 Å². The number of nitrogens with two attached hydrogens (primary N) is 1. The fourth-order valence-corrected chi connectivity index (χ4v) is 3.46. The Morgan fingerprint density at radius 2 is 1.86 bits per heavy atom. The van der Waals surface area contributed by atoms with Crippen molar-refractivity contribution >= 4 is 7.82 Å². The quantitative estimate of drug-likeness (QED) is 0.201. The number of hydrogen-bond donors (Lipinski definition) is 2. The molecule has 174 valence electrons. The van der Waals surface area contributed by atoms with Crippen molar-refractivity contribution in [2.75, 3.05) is 67.3 Å². The number of nitrogens with zero attached hydrogens (tertiary/aromatic N) is 1. The van der Waals surface area contributed by atoms with E-state index in [0.29, 0.717) is 30.8 Å². The SMILES string of the molecule is C[N+](C)(C)CCOP(=O)(O)OC[C@@H](COCCCCCCN)OC1CCCCO1. The molecule has 0 amide bonds. The van der Waals surface area contributed by atoms with E-state index in [1.54, 1.807) is 0 Å². The highest BCUT2D eigenvalue weighted by Gasteiger charge is 2.27. The molecule has 9 nitrogen and oxygen atoms in total. The number of ether oxygens (including phenoxy) is 3. The Hall–Kier alpha value is -0.0900. The molecule has 0 aromatic heterocycles. The Kier molecular flexibility index (Phi) is 13.8. The summed E-state index contributed by atoms with van der Waals surface area (Å²) in [5.41, 5.74) is 5.49. The van der Waals surface area contributed by atoms with Crippen molar-refractivity contribution < 1.29 is 37.2 Å². The van der Waals surface area contributed by atoms with Gasteiger partial charge in [0.25, 0.3) is 0 Å². The normalized spacial score (nSPS) is 21.1. The van der Waals surface area contributed by atoms with E-state index in [9.17, 15) is 9.46 Å². The number of rotatable bonds is 17. The predicted molar refractivity (Wildman–Crippen MR) is 111 cm³/mol. The minimum absolute atomic E-state index is 0.0921. The Morgan fingerprint density at radius 1 is 1.10 bits per heavy atom. The first-order valence-corrected chi connectivity index (χ1v) is 12.2. The van der Waals surface area contributed by atoms with Crippen LogP contribution in [-0.2, 0) is 27.8 Å². The monoisotopic (exact) mass is 441 g/mol. The summed E-state index contributed by atoms with van der Waals surface area (Å²) in [7, 11) is 1.80. The lowest BCUT2D eigenvalue weighted by molar-refractivity contribution is -0.870. The van der Waals surface area contributed by atoms with E-state index in [1.165, 1.54) is 0 Å². The second kappa shape index (κ2) is 14.8. The maximum absolute atomic E-state index is 12.1. The van der Waals surface area contributed by atoms with Crippen molar-refractivity contribution in [3.63, 3.8) is 0 Å². The highest BCUT2D eigenvalue weighted by atomic mass is 31.2. The minimum atomic E-state index is -4.14. The molecule has 0 saturated carbocycles. The lowest BCUT2D eigenvalue weighted by atomic mass is 10.2. The molecular formula is C19H42N2O7P+. The molecule has 1 aliphatic heterocycles. The summed E-state index contributed by atoms with van der Waals surface area (Å²) >= 11 is 0. The molecule has 0 spiro atoms. The third-order valence-corrected chi connectivity index (χ3v) is 5.45. The lowest BCUT2D eigenvalue weighted by Crippen LogP contribution is -2.37. The van der Waals surface area contributed by atoms with Crippen LogP contribution in [0.2, 0.25) is 0 Å². The Balaban J connectivity index is 2.38. The van der Waals surface area contributed by atoms with Gasteiger partial charge in [0.15, 0.2) is 6.29 Å². The van der Waals surface area contributed by atoms with Crippen molar-refractivity contribution in [3.05, 3.63) is 0 Å². The van der Waals surface area contributed by atoms with E-state index in [2.05, 4.69) is 0 Å². The summed E-state index contributed by atoms with van der Waals surface area (Å²) in [4.78, 5) is 9.92. The summed E-state index contributed by atoms with van der Waals surface area (Å²) in [6.45, 7) is 2.89. The van der Waals surface area contributed by atoms with Crippen molar-refractivity contribution in [2.45, 2.75) is 57.3 Å². The van der Waals surface area contributed by atoms with Gasteiger partial charge in [-0.2, -0.15) is 0 Å². The Labute approximate surface area is 176 Å². The minimum Gasteiger partial charge on any atom is -0.379 e. The van der Waals surface area contributed by atoms with E-state index in [0.717, 1.165) is 44.9 Å². The molecule has 1 rings (SSSR count). The van der Waals surface area contributed by atoms with Gasteiger partial charge in [0.1, 0.15) is 19.3 Å². The van der Waals surface area contributed by atoms with Crippen LogP contribution >= 0.6 is 7.82 Å². The molecule has 10 heteroatoms. The van der Waals surface area contributed by atoms with Crippen LogP contribution in [0.5, 0.6) is 0 Å². The summed E-state index contributed by atoms with van der Waals surface area (Å²) in [6, 6.07) is 0. The first-order valence-electron chi connectivity index (χ1n) is 10.7. The molecule has 0 radical (unpaired) electrons. The molecule has 3 atom stereocenters. The van der Waals surface area contributed by atoms with Gasteiger partial charge >= 0.3 is 7.82 Å². The summed E-state index contributed by atoms with van der Waals surface area (Å²) in [5.74, 6) is 0. The number of quaternary nitrogens is 1. The van der Waals surface area contributed by atoms with Crippen molar-refractivity contribution in [1.29, 1.82) is 0 Å². The second-order valence-corrected chi connectivity index (χ2v) is 9.90. The van der Waals surface area contributed by atoms with Crippen LogP contribution in [0, 0.1) is 0 Å². The third-order valence-electron chi connectivity index (χ3n) is 4.47. The Bertz CT molecular complexity index is 456. The van der Waals surface area contributed by atoms with Crippen molar-refractivity contribution in [1.82, 2.24) is 0 Å². The van der Waals surface area contributed by atoms with Gasteiger partial charge in [-0.1, -0.05) is 12.8 Å². The van der Waals surface area contributed by atoms with E-state index in [1.807, 2.05) is 21.1 Å². The van der Waals surface area contributed by atoms with Crippen LogP contribution in [0.15, 0.2) is 0 Å². The largest absolute Gasteiger partial charge is 0.472 e. The molecule has 1 fully saturated rings. The van der Waals surface area contributed by atoms with Crippen LogP contribution < -0.4 is 5.73 Å². The van der Waals surface area contributed by atoms with Crippen LogP contribution in [0.3, 0.4) is 0 Å². The summed E-state index contributed by atoms with van der Waals surface area (Å²) in [6.07, 6.45) is 6.16. The van der Waals surface area contributed by atoms with E-state index in [4.69, 9.17) is 29.0 Å². The van der Waals surface area contributed by atoms with Gasteiger partial charge in [-0.3, -0.25) is 9.05 Å². The molecule has 0 aromatic carbocycles. The zero-order valence-corrected chi connectivity index (χ0v) is 19.3. The van der Waals surface area contributed by atoms with Crippen LogP contribution in [0.25, 0.3) is 0 Å². The van der Waals surface area contributed by atoms with Gasteiger partial charge in [0.05, 0.1) is 34.4 Å². The van der Waals surface area contributed by atoms with Gasteiger partial charge in [-0.15, -0.1) is 0 Å². The lowest BCUT2D eigenvalue weighted by Gasteiger charge is -2.28. The Morgan fingerprint density at radius 3 is 2.52 bits per heavy atom. The summed E-state index contributed by atoms with van der Waals surface area (Å²) < 4.78 is 40.2. The van der Waals surface area contributed by atoms with Gasteiger partial charge in [-0.25, -0.2) is 4.57 Å². The molecule has 29 heavy (non-hydrogen) atoms. The van der Waals surface area contributed by atoms with Crippen LogP contribution in [-0.4, -0.2) is 89.0 Å². The molecule has 2 unspecified atom stereocenters. The summed E-state index contributed by atoms with van der Waals surface area (Å²) in [5, 5.41) is 0. The second-order valence-electron chi connectivity index (χ2n) is 8.44. The predicted octanol–water partition coefficient (Wildman–Crippen LogP) is 2.27. The number of unbranched alkanes of at least 4 members (excludes halogenated alkanes) is 3. The zero-order chi connectivity index (χ0) is 21.6. The first kappa shape index (κ1) is 26.9. The first-order chi connectivity index (χ1) is 13.7. The van der Waals surface area contributed by atoms with E-state index < -0.39 is 13.9 Å².